The Morgan fingerprint density at radius 3 is 2.58 bits per heavy atom. The Balaban J connectivity index is 1.90. The first-order valence-electron chi connectivity index (χ1n) is 7.52. The molecule has 0 radical (unpaired) electrons. The van der Waals surface area contributed by atoms with Crippen LogP contribution in [-0.4, -0.2) is 54.4 Å². The molecule has 2 unspecified atom stereocenters. The lowest BCUT2D eigenvalue weighted by atomic mass is 9.94. The van der Waals surface area contributed by atoms with Gasteiger partial charge < -0.3 is 24.8 Å². The molecule has 1 aromatic rings. The molecule has 2 atom stereocenters. The maximum Gasteiger partial charge on any atom is 0.407 e. The van der Waals surface area contributed by atoms with Crippen LogP contribution in [0.1, 0.15) is 12.0 Å². The zero-order valence-corrected chi connectivity index (χ0v) is 13.3. The highest BCUT2D eigenvalue weighted by molar-refractivity contribution is 5.75. The number of benzene rings is 1. The second kappa shape index (κ2) is 8.19. The predicted octanol–water partition coefficient (Wildman–Crippen LogP) is 1.45. The van der Waals surface area contributed by atoms with Crippen molar-refractivity contribution in [3.8, 4) is 0 Å². The Labute approximate surface area is 139 Å². The Kier molecular flexibility index (Phi) is 6.00. The highest BCUT2D eigenvalue weighted by atomic mass is 16.5. The number of carbonyl (C=O) groups excluding carboxylic acids is 2. The van der Waals surface area contributed by atoms with Gasteiger partial charge in [-0.25, -0.2) is 9.59 Å². The van der Waals surface area contributed by atoms with Gasteiger partial charge >= 0.3 is 18.2 Å². The number of amides is 2. The SMILES string of the molecule is COC(=O)C1CC(NC(=O)OCc2ccccc2)CN(C(=O)O)C1. The number of nitrogens with one attached hydrogen (secondary N) is 1. The van der Waals surface area contributed by atoms with E-state index in [2.05, 4.69) is 10.1 Å². The van der Waals surface area contributed by atoms with E-state index in [9.17, 15) is 14.4 Å². The molecule has 1 saturated heterocycles. The van der Waals surface area contributed by atoms with Gasteiger partial charge in [0.05, 0.1) is 19.1 Å². The molecule has 130 valence electrons. The topological polar surface area (TPSA) is 105 Å². The van der Waals surface area contributed by atoms with Crippen LogP contribution in [0.3, 0.4) is 0 Å². The maximum atomic E-state index is 11.9. The van der Waals surface area contributed by atoms with E-state index >= 15 is 0 Å². The molecule has 0 saturated carbocycles. The third-order valence-electron chi connectivity index (χ3n) is 3.79. The molecule has 8 nitrogen and oxygen atoms in total. The molecule has 1 fully saturated rings. The lowest BCUT2D eigenvalue weighted by Gasteiger charge is -2.35. The van der Waals surface area contributed by atoms with Crippen LogP contribution in [0, 0.1) is 5.92 Å². The Hall–Kier alpha value is -2.77. The summed E-state index contributed by atoms with van der Waals surface area (Å²) >= 11 is 0. The zero-order valence-electron chi connectivity index (χ0n) is 13.3. The quantitative estimate of drug-likeness (QED) is 0.806. The van der Waals surface area contributed by atoms with Crippen molar-refractivity contribution in [2.24, 2.45) is 5.92 Å². The minimum atomic E-state index is -1.15. The maximum absolute atomic E-state index is 11.9. The standard InChI is InChI=1S/C16H20N2O6/c1-23-14(19)12-7-13(9-18(8-12)16(21)22)17-15(20)24-10-11-5-3-2-4-6-11/h2-6,12-13H,7-10H2,1H3,(H,17,20)(H,21,22). The van der Waals surface area contributed by atoms with Crippen LogP contribution >= 0.6 is 0 Å². The van der Waals surface area contributed by atoms with E-state index in [1.807, 2.05) is 30.3 Å². The average Bonchev–Trinajstić information content (AvgIpc) is 2.59. The molecular weight excluding hydrogens is 316 g/mol. The van der Waals surface area contributed by atoms with E-state index in [1.54, 1.807) is 0 Å². The first-order chi connectivity index (χ1) is 11.5. The van der Waals surface area contributed by atoms with E-state index in [0.717, 1.165) is 10.5 Å². The number of piperidine rings is 1. The van der Waals surface area contributed by atoms with Crippen molar-refractivity contribution < 1.29 is 29.0 Å². The number of carbonyl (C=O) groups is 3. The average molecular weight is 336 g/mol. The van der Waals surface area contributed by atoms with Gasteiger partial charge in [-0.3, -0.25) is 4.79 Å². The number of carboxylic acid groups (broad SMARTS) is 1. The molecule has 1 aliphatic rings. The van der Waals surface area contributed by atoms with Gasteiger partial charge in [-0.05, 0) is 12.0 Å². The van der Waals surface area contributed by atoms with Gasteiger partial charge in [0.2, 0.25) is 0 Å². The van der Waals surface area contributed by atoms with Gasteiger partial charge in [-0.15, -0.1) is 0 Å². The fourth-order valence-electron chi connectivity index (χ4n) is 2.63. The number of hydrogen-bond donors (Lipinski definition) is 2. The van der Waals surface area contributed by atoms with Gasteiger partial charge in [0.15, 0.2) is 0 Å². The number of hydrogen-bond acceptors (Lipinski definition) is 5. The van der Waals surface area contributed by atoms with Crippen LogP contribution in [-0.2, 0) is 20.9 Å². The van der Waals surface area contributed by atoms with Gasteiger partial charge in [-0.2, -0.15) is 0 Å². The smallest absolute Gasteiger partial charge is 0.407 e. The summed E-state index contributed by atoms with van der Waals surface area (Å²) in [4.78, 5) is 35.9. The molecule has 2 rings (SSSR count). The first-order valence-corrected chi connectivity index (χ1v) is 7.52. The second-order valence-electron chi connectivity index (χ2n) is 5.55. The summed E-state index contributed by atoms with van der Waals surface area (Å²) in [5, 5.41) is 11.8. The van der Waals surface area contributed by atoms with Gasteiger partial charge in [0.25, 0.3) is 0 Å². The fourth-order valence-corrected chi connectivity index (χ4v) is 2.63. The molecule has 2 N–H and O–H groups in total. The molecule has 1 aliphatic heterocycles. The molecule has 0 aromatic heterocycles. The summed E-state index contributed by atoms with van der Waals surface area (Å²) < 4.78 is 9.79. The van der Waals surface area contributed by atoms with Crippen LogP contribution in [0.2, 0.25) is 0 Å². The second-order valence-corrected chi connectivity index (χ2v) is 5.55. The van der Waals surface area contributed by atoms with E-state index in [0.29, 0.717) is 6.42 Å². The monoisotopic (exact) mass is 336 g/mol. The van der Waals surface area contributed by atoms with E-state index in [-0.39, 0.29) is 19.7 Å². The molecule has 0 spiro atoms. The molecule has 1 heterocycles. The highest BCUT2D eigenvalue weighted by Crippen LogP contribution is 2.18. The third kappa shape index (κ3) is 4.87. The number of likely N-dealkylation sites (tertiary alicyclic amines) is 1. The minimum Gasteiger partial charge on any atom is -0.469 e. The van der Waals surface area contributed by atoms with E-state index in [4.69, 9.17) is 9.84 Å². The van der Waals surface area contributed by atoms with Crippen molar-refractivity contribution in [2.75, 3.05) is 20.2 Å². The third-order valence-corrected chi connectivity index (χ3v) is 3.79. The van der Waals surface area contributed by atoms with Crippen LogP contribution < -0.4 is 5.32 Å². The number of alkyl carbamates (subject to hydrolysis) is 1. The van der Waals surface area contributed by atoms with Crippen molar-refractivity contribution in [2.45, 2.75) is 19.1 Å². The van der Waals surface area contributed by atoms with Crippen LogP contribution in [0.5, 0.6) is 0 Å². The van der Waals surface area contributed by atoms with Crippen molar-refractivity contribution in [3.63, 3.8) is 0 Å². The molecule has 24 heavy (non-hydrogen) atoms. The van der Waals surface area contributed by atoms with E-state index in [1.165, 1.54) is 7.11 Å². The highest BCUT2D eigenvalue weighted by Gasteiger charge is 2.35. The van der Waals surface area contributed by atoms with Gasteiger partial charge in [0, 0.05) is 13.1 Å². The summed E-state index contributed by atoms with van der Waals surface area (Å²) in [7, 11) is 1.25. The molecular formula is C16H20N2O6. The van der Waals surface area contributed by atoms with Crippen molar-refractivity contribution >= 4 is 18.2 Å². The summed E-state index contributed by atoms with van der Waals surface area (Å²) in [5.74, 6) is -1.11. The Morgan fingerprint density at radius 1 is 1.25 bits per heavy atom. The normalized spacial score (nSPS) is 20.1. The number of ether oxygens (including phenoxy) is 2. The van der Waals surface area contributed by atoms with Crippen molar-refractivity contribution in [1.82, 2.24) is 10.2 Å². The van der Waals surface area contributed by atoms with Crippen LogP contribution in [0.15, 0.2) is 30.3 Å². The Morgan fingerprint density at radius 2 is 1.96 bits per heavy atom. The number of methoxy groups -OCH3 is 1. The number of esters is 1. The van der Waals surface area contributed by atoms with Crippen LogP contribution in [0.25, 0.3) is 0 Å². The number of nitrogens with zero attached hydrogens (tertiary/aromatic N) is 1. The molecule has 8 heteroatoms. The van der Waals surface area contributed by atoms with Gasteiger partial charge in [0.1, 0.15) is 6.61 Å². The zero-order chi connectivity index (χ0) is 17.5. The molecule has 0 aliphatic carbocycles. The van der Waals surface area contributed by atoms with Crippen molar-refractivity contribution in [1.29, 1.82) is 0 Å². The largest absolute Gasteiger partial charge is 0.469 e. The summed E-state index contributed by atoms with van der Waals surface area (Å²) in [6.07, 6.45) is -1.50. The fraction of sp³-hybridized carbons (Fsp3) is 0.438. The van der Waals surface area contributed by atoms with E-state index < -0.39 is 30.1 Å². The van der Waals surface area contributed by atoms with Gasteiger partial charge in [-0.1, -0.05) is 30.3 Å². The molecule has 1 aromatic carbocycles. The predicted molar refractivity (Wildman–Crippen MR) is 83.3 cm³/mol. The van der Waals surface area contributed by atoms with Crippen molar-refractivity contribution in [3.05, 3.63) is 35.9 Å². The van der Waals surface area contributed by atoms with Crippen LogP contribution in [0.4, 0.5) is 9.59 Å². The summed E-state index contributed by atoms with van der Waals surface area (Å²) in [5.41, 5.74) is 0.843. The molecule has 2 amide bonds. The molecule has 0 bridgehead atoms. The lowest BCUT2D eigenvalue weighted by Crippen LogP contribution is -2.53. The lowest BCUT2D eigenvalue weighted by molar-refractivity contribution is -0.147. The first kappa shape index (κ1) is 17.6. The minimum absolute atomic E-state index is 0.0548. The Bertz CT molecular complexity index is 591. The summed E-state index contributed by atoms with van der Waals surface area (Å²) in [6.45, 7) is 0.269. The number of rotatable bonds is 4. The summed E-state index contributed by atoms with van der Waals surface area (Å²) in [6, 6.07) is 8.68.